The fourth-order valence-electron chi connectivity index (χ4n) is 1.79. The molecule has 2 unspecified atom stereocenters. The molecule has 1 aromatic carbocycles. The van der Waals surface area contributed by atoms with Crippen molar-refractivity contribution in [2.45, 2.75) is 45.7 Å². The number of carbonyl (C=O) groups is 1. The van der Waals surface area contributed by atoms with E-state index in [1.807, 2.05) is 39.0 Å². The van der Waals surface area contributed by atoms with Gasteiger partial charge in [-0.05, 0) is 18.4 Å². The highest BCUT2D eigenvalue weighted by atomic mass is 16.2. The van der Waals surface area contributed by atoms with E-state index in [-0.39, 0.29) is 23.8 Å². The molecular weight excluding hydrogens is 224 g/mol. The first-order valence-electron chi connectivity index (χ1n) is 6.54. The second-order valence-corrected chi connectivity index (χ2v) is 5.27. The summed E-state index contributed by atoms with van der Waals surface area (Å²) in [4.78, 5) is 11.9. The van der Waals surface area contributed by atoms with Gasteiger partial charge in [-0.2, -0.15) is 0 Å². The summed E-state index contributed by atoms with van der Waals surface area (Å²) in [6, 6.07) is 9.82. The zero-order valence-corrected chi connectivity index (χ0v) is 11.7. The fourth-order valence-corrected chi connectivity index (χ4v) is 1.79. The average molecular weight is 248 g/mol. The standard InChI is InChI=1S/C15H24N2O/c1-10(2)14(16)15(18)17-12(4)11(3)13-8-6-5-7-9-13/h5-12,14H,16H2,1-4H3,(H,17,18)/t11?,12?,14-/m0/s1. The monoisotopic (exact) mass is 248 g/mol. The molecule has 0 aliphatic rings. The minimum Gasteiger partial charge on any atom is -0.352 e. The van der Waals surface area contributed by atoms with Crippen LogP contribution in [0.15, 0.2) is 30.3 Å². The van der Waals surface area contributed by atoms with Gasteiger partial charge in [0.2, 0.25) is 5.91 Å². The minimum absolute atomic E-state index is 0.0692. The third-order valence-corrected chi connectivity index (χ3v) is 3.47. The Hall–Kier alpha value is -1.35. The molecule has 100 valence electrons. The number of carbonyl (C=O) groups excluding carboxylic acids is 1. The summed E-state index contributed by atoms with van der Waals surface area (Å²) < 4.78 is 0. The molecule has 18 heavy (non-hydrogen) atoms. The van der Waals surface area contributed by atoms with E-state index < -0.39 is 6.04 Å². The van der Waals surface area contributed by atoms with Gasteiger partial charge in [-0.25, -0.2) is 0 Å². The largest absolute Gasteiger partial charge is 0.352 e. The SMILES string of the molecule is CC(NC(=O)[C@@H](N)C(C)C)C(C)c1ccccc1. The van der Waals surface area contributed by atoms with Crippen LogP contribution < -0.4 is 11.1 Å². The van der Waals surface area contributed by atoms with Crippen LogP contribution >= 0.6 is 0 Å². The number of hydrogen-bond acceptors (Lipinski definition) is 2. The smallest absolute Gasteiger partial charge is 0.237 e. The maximum Gasteiger partial charge on any atom is 0.237 e. The number of nitrogens with one attached hydrogen (secondary N) is 1. The zero-order valence-electron chi connectivity index (χ0n) is 11.7. The highest BCUT2D eigenvalue weighted by molar-refractivity contribution is 5.82. The third kappa shape index (κ3) is 3.84. The van der Waals surface area contributed by atoms with E-state index in [9.17, 15) is 4.79 Å². The summed E-state index contributed by atoms with van der Waals surface area (Å²) in [6.45, 7) is 8.04. The van der Waals surface area contributed by atoms with Crippen LogP contribution in [0.1, 0.15) is 39.2 Å². The quantitative estimate of drug-likeness (QED) is 0.840. The second-order valence-electron chi connectivity index (χ2n) is 5.27. The molecule has 3 heteroatoms. The number of hydrogen-bond donors (Lipinski definition) is 2. The van der Waals surface area contributed by atoms with Gasteiger partial charge in [0.25, 0.3) is 0 Å². The van der Waals surface area contributed by atoms with Crippen molar-refractivity contribution in [2.24, 2.45) is 11.7 Å². The Morgan fingerprint density at radius 3 is 2.17 bits per heavy atom. The zero-order chi connectivity index (χ0) is 13.7. The van der Waals surface area contributed by atoms with E-state index in [0.29, 0.717) is 0 Å². The summed E-state index contributed by atoms with van der Waals surface area (Å²) in [5.41, 5.74) is 7.06. The van der Waals surface area contributed by atoms with E-state index in [2.05, 4.69) is 24.4 Å². The summed E-state index contributed by atoms with van der Waals surface area (Å²) in [5.74, 6) is 0.360. The predicted octanol–water partition coefficient (Wildman–Crippen LogP) is 2.28. The number of nitrogens with two attached hydrogens (primary N) is 1. The van der Waals surface area contributed by atoms with Gasteiger partial charge in [0.05, 0.1) is 6.04 Å². The lowest BCUT2D eigenvalue weighted by molar-refractivity contribution is -0.123. The molecule has 0 saturated carbocycles. The van der Waals surface area contributed by atoms with Crippen molar-refractivity contribution in [1.82, 2.24) is 5.32 Å². The van der Waals surface area contributed by atoms with Crippen LogP contribution in [-0.2, 0) is 4.79 Å². The predicted molar refractivity (Wildman–Crippen MR) is 75.3 cm³/mol. The lowest BCUT2D eigenvalue weighted by Crippen LogP contribution is -2.48. The number of rotatable bonds is 5. The van der Waals surface area contributed by atoms with E-state index in [1.165, 1.54) is 5.56 Å². The first-order valence-corrected chi connectivity index (χ1v) is 6.54. The van der Waals surface area contributed by atoms with E-state index in [1.54, 1.807) is 0 Å². The Kier molecular flexibility index (Phi) is 5.35. The van der Waals surface area contributed by atoms with Crippen LogP contribution in [0.3, 0.4) is 0 Å². The van der Waals surface area contributed by atoms with Gasteiger partial charge in [0.1, 0.15) is 0 Å². The molecule has 3 nitrogen and oxygen atoms in total. The molecule has 0 aromatic heterocycles. The summed E-state index contributed by atoms with van der Waals surface area (Å²) >= 11 is 0. The Balaban J connectivity index is 2.60. The molecule has 0 saturated heterocycles. The topological polar surface area (TPSA) is 55.1 Å². The van der Waals surface area contributed by atoms with Crippen LogP contribution in [0.25, 0.3) is 0 Å². The van der Waals surface area contributed by atoms with Crippen molar-refractivity contribution in [3.63, 3.8) is 0 Å². The summed E-state index contributed by atoms with van der Waals surface area (Å²) in [6.07, 6.45) is 0. The van der Waals surface area contributed by atoms with Gasteiger partial charge in [-0.3, -0.25) is 4.79 Å². The van der Waals surface area contributed by atoms with Crippen LogP contribution in [0.5, 0.6) is 0 Å². The molecule has 1 rings (SSSR count). The molecule has 0 aliphatic heterocycles. The Morgan fingerprint density at radius 2 is 1.67 bits per heavy atom. The van der Waals surface area contributed by atoms with Crippen LogP contribution in [0.2, 0.25) is 0 Å². The summed E-state index contributed by atoms with van der Waals surface area (Å²) in [5, 5.41) is 3.00. The van der Waals surface area contributed by atoms with Gasteiger partial charge < -0.3 is 11.1 Å². The maximum atomic E-state index is 11.9. The van der Waals surface area contributed by atoms with Crippen molar-refractivity contribution in [1.29, 1.82) is 0 Å². The van der Waals surface area contributed by atoms with Crippen molar-refractivity contribution in [3.8, 4) is 0 Å². The molecule has 1 amide bonds. The van der Waals surface area contributed by atoms with E-state index in [4.69, 9.17) is 5.73 Å². The lowest BCUT2D eigenvalue weighted by Gasteiger charge is -2.24. The Labute approximate surface area is 110 Å². The molecule has 0 spiro atoms. The van der Waals surface area contributed by atoms with Crippen molar-refractivity contribution in [2.75, 3.05) is 0 Å². The van der Waals surface area contributed by atoms with Crippen LogP contribution in [-0.4, -0.2) is 18.0 Å². The highest BCUT2D eigenvalue weighted by Gasteiger charge is 2.21. The van der Waals surface area contributed by atoms with Gasteiger partial charge in [-0.15, -0.1) is 0 Å². The average Bonchev–Trinajstić information content (AvgIpc) is 2.37. The second kappa shape index (κ2) is 6.55. The summed E-state index contributed by atoms with van der Waals surface area (Å²) in [7, 11) is 0. The molecule has 0 radical (unpaired) electrons. The van der Waals surface area contributed by atoms with Gasteiger partial charge >= 0.3 is 0 Å². The maximum absolute atomic E-state index is 11.9. The molecule has 0 aliphatic carbocycles. The van der Waals surface area contributed by atoms with Gasteiger partial charge in [0, 0.05) is 12.0 Å². The lowest BCUT2D eigenvalue weighted by atomic mass is 9.94. The molecule has 3 N–H and O–H groups in total. The number of amides is 1. The van der Waals surface area contributed by atoms with E-state index in [0.717, 1.165) is 0 Å². The normalized spacial score (nSPS) is 16.1. The van der Waals surface area contributed by atoms with E-state index >= 15 is 0 Å². The van der Waals surface area contributed by atoms with Crippen LogP contribution in [0, 0.1) is 5.92 Å². The molecule has 0 heterocycles. The van der Waals surface area contributed by atoms with Gasteiger partial charge in [0.15, 0.2) is 0 Å². The molecule has 0 bridgehead atoms. The third-order valence-electron chi connectivity index (χ3n) is 3.47. The molecule has 3 atom stereocenters. The Morgan fingerprint density at radius 1 is 1.11 bits per heavy atom. The Bertz CT molecular complexity index is 375. The first-order chi connectivity index (χ1) is 8.43. The molecular formula is C15H24N2O. The van der Waals surface area contributed by atoms with Crippen LogP contribution in [0.4, 0.5) is 0 Å². The molecule has 1 aromatic rings. The highest BCUT2D eigenvalue weighted by Crippen LogP contribution is 2.18. The number of benzene rings is 1. The minimum atomic E-state index is -0.435. The van der Waals surface area contributed by atoms with Crippen molar-refractivity contribution < 1.29 is 4.79 Å². The first kappa shape index (κ1) is 14.7. The van der Waals surface area contributed by atoms with Crippen molar-refractivity contribution in [3.05, 3.63) is 35.9 Å². The fraction of sp³-hybridized carbons (Fsp3) is 0.533. The van der Waals surface area contributed by atoms with Gasteiger partial charge in [-0.1, -0.05) is 51.1 Å². The van der Waals surface area contributed by atoms with Crippen molar-refractivity contribution >= 4 is 5.91 Å². The molecule has 0 fully saturated rings.